The molecule has 1 aliphatic rings. The van der Waals surface area contributed by atoms with E-state index in [1.54, 1.807) is 15.9 Å². The van der Waals surface area contributed by atoms with Crippen LogP contribution in [0.2, 0.25) is 0 Å². The van der Waals surface area contributed by atoms with Gasteiger partial charge in [-0.15, -0.1) is 0 Å². The van der Waals surface area contributed by atoms with E-state index in [1.165, 1.54) is 6.33 Å². The summed E-state index contributed by atoms with van der Waals surface area (Å²) in [6.45, 7) is 2.33. The van der Waals surface area contributed by atoms with Gasteiger partial charge in [0.05, 0.1) is 23.3 Å². The van der Waals surface area contributed by atoms with Crippen LogP contribution in [0.3, 0.4) is 0 Å². The number of nitrogens with one attached hydrogen (secondary N) is 1. The van der Waals surface area contributed by atoms with E-state index in [4.69, 9.17) is 0 Å². The number of benzene rings is 3. The lowest BCUT2D eigenvalue weighted by molar-refractivity contribution is -0.126. The van der Waals surface area contributed by atoms with E-state index in [0.29, 0.717) is 6.54 Å². The Morgan fingerprint density at radius 1 is 1.06 bits per heavy atom. The maximum absolute atomic E-state index is 13.0. The minimum atomic E-state index is -0.377. The Bertz CT molecular complexity index is 1260. The van der Waals surface area contributed by atoms with Gasteiger partial charge in [-0.05, 0) is 36.1 Å². The second kappa shape index (κ2) is 8.26. The Balaban J connectivity index is 1.27. The molecular weight excluding hydrogens is 402 g/mol. The first kappa shape index (κ1) is 19.9. The van der Waals surface area contributed by atoms with Crippen LogP contribution in [0.5, 0.6) is 0 Å². The first-order valence-corrected chi connectivity index (χ1v) is 10.6. The van der Waals surface area contributed by atoms with Gasteiger partial charge in [-0.1, -0.05) is 48.5 Å². The van der Waals surface area contributed by atoms with Crippen LogP contribution < -0.4 is 10.2 Å². The van der Waals surface area contributed by atoms with Crippen molar-refractivity contribution in [3.63, 3.8) is 0 Å². The highest BCUT2D eigenvalue weighted by atomic mass is 16.2. The third-order valence-electron chi connectivity index (χ3n) is 5.99. The Morgan fingerprint density at radius 2 is 1.84 bits per heavy atom. The summed E-state index contributed by atoms with van der Waals surface area (Å²) in [5.41, 5.74) is 2.74. The van der Waals surface area contributed by atoms with Gasteiger partial charge in [-0.25, -0.2) is 9.67 Å². The zero-order valence-electron chi connectivity index (χ0n) is 17.7. The topological polar surface area (TPSA) is 80.1 Å². The fourth-order valence-corrected chi connectivity index (χ4v) is 4.23. The lowest BCUT2D eigenvalue weighted by Crippen LogP contribution is -2.34. The Labute approximate surface area is 185 Å². The molecule has 32 heavy (non-hydrogen) atoms. The highest BCUT2D eigenvalue weighted by molar-refractivity contribution is 6.07. The molecular formula is C25H23N5O2. The van der Waals surface area contributed by atoms with Gasteiger partial charge in [0.25, 0.3) is 0 Å². The molecule has 1 N–H and O–H groups in total. The number of carbonyl (C=O) groups excluding carboxylic acids is 2. The number of aromatic nitrogens is 3. The van der Waals surface area contributed by atoms with Crippen LogP contribution in [-0.4, -0.2) is 33.1 Å². The zero-order valence-corrected chi connectivity index (χ0v) is 17.7. The van der Waals surface area contributed by atoms with Crippen molar-refractivity contribution in [1.82, 2.24) is 20.1 Å². The minimum absolute atomic E-state index is 0.0219. The largest absolute Gasteiger partial charge is 0.349 e. The predicted molar refractivity (Wildman–Crippen MR) is 122 cm³/mol. The molecule has 2 amide bonds. The van der Waals surface area contributed by atoms with Gasteiger partial charge in [-0.2, -0.15) is 5.10 Å². The second-order valence-corrected chi connectivity index (χ2v) is 8.07. The number of nitrogens with zero attached hydrogens (tertiary/aromatic N) is 4. The number of fused-ring (bicyclic) bond motifs is 1. The fourth-order valence-electron chi connectivity index (χ4n) is 4.23. The summed E-state index contributed by atoms with van der Waals surface area (Å²) in [6, 6.07) is 21.5. The molecule has 1 aromatic heterocycles. The van der Waals surface area contributed by atoms with Crippen molar-refractivity contribution in [2.75, 3.05) is 11.4 Å². The SMILES string of the molecule is CC(NC(=O)C1CC(=O)N(c2cccc3ccccc23)C1)c1ccc(-n2cncn2)cc1. The van der Waals surface area contributed by atoms with Crippen LogP contribution in [0, 0.1) is 5.92 Å². The van der Waals surface area contributed by atoms with E-state index in [2.05, 4.69) is 15.4 Å². The second-order valence-electron chi connectivity index (χ2n) is 8.07. The Kier molecular flexibility index (Phi) is 5.15. The van der Waals surface area contributed by atoms with Crippen molar-refractivity contribution in [2.45, 2.75) is 19.4 Å². The molecule has 5 rings (SSSR count). The Hall–Kier alpha value is -4.00. The number of amides is 2. The van der Waals surface area contributed by atoms with Crippen molar-refractivity contribution in [2.24, 2.45) is 5.92 Å². The van der Waals surface area contributed by atoms with Gasteiger partial charge < -0.3 is 10.2 Å². The maximum atomic E-state index is 13.0. The van der Waals surface area contributed by atoms with Crippen LogP contribution >= 0.6 is 0 Å². The smallest absolute Gasteiger partial charge is 0.227 e. The molecule has 3 aromatic carbocycles. The molecule has 0 spiro atoms. The zero-order chi connectivity index (χ0) is 22.1. The summed E-state index contributed by atoms with van der Waals surface area (Å²) in [6.07, 6.45) is 3.34. The van der Waals surface area contributed by atoms with Gasteiger partial charge in [0.2, 0.25) is 11.8 Å². The molecule has 0 aliphatic carbocycles. The highest BCUT2D eigenvalue weighted by Gasteiger charge is 2.36. The summed E-state index contributed by atoms with van der Waals surface area (Å²) < 4.78 is 1.68. The molecule has 1 saturated heterocycles. The molecule has 1 fully saturated rings. The van der Waals surface area contributed by atoms with E-state index in [-0.39, 0.29) is 30.2 Å². The van der Waals surface area contributed by atoms with Gasteiger partial charge in [0, 0.05) is 18.4 Å². The van der Waals surface area contributed by atoms with E-state index < -0.39 is 0 Å². The maximum Gasteiger partial charge on any atom is 0.227 e. The van der Waals surface area contributed by atoms with E-state index in [9.17, 15) is 9.59 Å². The monoisotopic (exact) mass is 425 g/mol. The average Bonchev–Trinajstić information content (AvgIpc) is 3.49. The highest BCUT2D eigenvalue weighted by Crippen LogP contribution is 2.32. The van der Waals surface area contributed by atoms with Crippen LogP contribution in [0.1, 0.15) is 24.9 Å². The van der Waals surface area contributed by atoms with E-state index >= 15 is 0 Å². The van der Waals surface area contributed by atoms with Gasteiger partial charge in [0.1, 0.15) is 12.7 Å². The predicted octanol–water partition coefficient (Wildman–Crippen LogP) is 3.65. The van der Waals surface area contributed by atoms with Crippen molar-refractivity contribution < 1.29 is 9.59 Å². The molecule has 7 nitrogen and oxygen atoms in total. The normalized spacial score (nSPS) is 17.0. The number of carbonyl (C=O) groups is 2. The third-order valence-corrected chi connectivity index (χ3v) is 5.99. The van der Waals surface area contributed by atoms with Gasteiger partial charge >= 0.3 is 0 Å². The average molecular weight is 425 g/mol. The number of hydrogen-bond acceptors (Lipinski definition) is 4. The standard InChI is InChI=1S/C25H23N5O2/c1-17(18-9-11-21(12-10-18)30-16-26-15-27-30)28-25(32)20-13-24(31)29(14-20)23-8-4-6-19-5-2-3-7-22(19)23/h2-12,15-17,20H,13-14H2,1H3,(H,28,32). The van der Waals surface area contributed by atoms with Crippen LogP contribution in [0.4, 0.5) is 5.69 Å². The summed E-state index contributed by atoms with van der Waals surface area (Å²) in [7, 11) is 0. The summed E-state index contributed by atoms with van der Waals surface area (Å²) in [5, 5.41) is 9.28. The lowest BCUT2D eigenvalue weighted by Gasteiger charge is -2.20. The van der Waals surface area contributed by atoms with E-state index in [0.717, 1.165) is 27.7 Å². The fraction of sp³-hybridized carbons (Fsp3) is 0.200. The van der Waals surface area contributed by atoms with Crippen molar-refractivity contribution in [3.05, 3.63) is 84.9 Å². The molecule has 0 saturated carbocycles. The Morgan fingerprint density at radius 3 is 2.62 bits per heavy atom. The molecule has 2 heterocycles. The third kappa shape index (κ3) is 3.73. The van der Waals surface area contributed by atoms with Crippen LogP contribution in [-0.2, 0) is 9.59 Å². The van der Waals surface area contributed by atoms with Gasteiger partial charge in [-0.3, -0.25) is 9.59 Å². The number of hydrogen-bond donors (Lipinski definition) is 1. The summed E-state index contributed by atoms with van der Waals surface area (Å²) in [4.78, 5) is 31.4. The first-order valence-electron chi connectivity index (χ1n) is 10.6. The van der Waals surface area contributed by atoms with Crippen molar-refractivity contribution in [3.8, 4) is 5.69 Å². The van der Waals surface area contributed by atoms with Crippen molar-refractivity contribution >= 4 is 28.3 Å². The number of anilines is 1. The molecule has 0 bridgehead atoms. The van der Waals surface area contributed by atoms with E-state index in [1.807, 2.05) is 73.7 Å². The molecule has 160 valence electrons. The molecule has 7 heteroatoms. The molecule has 0 radical (unpaired) electrons. The molecule has 2 unspecified atom stereocenters. The molecule has 4 aromatic rings. The van der Waals surface area contributed by atoms with Crippen molar-refractivity contribution in [1.29, 1.82) is 0 Å². The van der Waals surface area contributed by atoms with Crippen LogP contribution in [0.25, 0.3) is 16.5 Å². The molecule has 2 atom stereocenters. The lowest BCUT2D eigenvalue weighted by atomic mass is 10.0. The summed E-state index contributed by atoms with van der Waals surface area (Å²) in [5.74, 6) is -0.501. The summed E-state index contributed by atoms with van der Waals surface area (Å²) >= 11 is 0. The van der Waals surface area contributed by atoms with Crippen LogP contribution in [0.15, 0.2) is 79.4 Å². The molecule has 1 aliphatic heterocycles. The number of rotatable bonds is 5. The minimum Gasteiger partial charge on any atom is -0.349 e. The first-order chi connectivity index (χ1) is 15.6. The quantitative estimate of drug-likeness (QED) is 0.529. The van der Waals surface area contributed by atoms with Gasteiger partial charge in [0.15, 0.2) is 0 Å².